The SMILES string of the molecule is CCCCCCCCn1nccc1CNCCC. The van der Waals surface area contributed by atoms with Crippen LogP contribution in [0, 0.1) is 0 Å². The molecule has 0 spiro atoms. The molecule has 3 heteroatoms. The van der Waals surface area contributed by atoms with E-state index < -0.39 is 0 Å². The van der Waals surface area contributed by atoms with Gasteiger partial charge >= 0.3 is 0 Å². The molecule has 1 aromatic rings. The van der Waals surface area contributed by atoms with Crippen LogP contribution < -0.4 is 5.32 Å². The van der Waals surface area contributed by atoms with Gasteiger partial charge in [0.15, 0.2) is 0 Å². The van der Waals surface area contributed by atoms with Gasteiger partial charge in [-0.1, -0.05) is 46.0 Å². The Labute approximate surface area is 112 Å². The van der Waals surface area contributed by atoms with Gasteiger partial charge in [0.2, 0.25) is 0 Å². The molecule has 0 bridgehead atoms. The number of hydrogen-bond donors (Lipinski definition) is 1. The highest BCUT2D eigenvalue weighted by Crippen LogP contribution is 2.07. The van der Waals surface area contributed by atoms with Gasteiger partial charge in [0.05, 0.1) is 5.69 Å². The smallest absolute Gasteiger partial charge is 0.0522 e. The molecule has 0 aliphatic heterocycles. The van der Waals surface area contributed by atoms with Gasteiger partial charge in [-0.25, -0.2) is 0 Å². The van der Waals surface area contributed by atoms with Crippen molar-refractivity contribution in [2.45, 2.75) is 71.9 Å². The molecule has 0 aromatic carbocycles. The normalized spacial score (nSPS) is 11.0. The molecule has 0 saturated carbocycles. The van der Waals surface area contributed by atoms with E-state index in [1.54, 1.807) is 0 Å². The van der Waals surface area contributed by atoms with E-state index in [0.29, 0.717) is 0 Å². The van der Waals surface area contributed by atoms with Crippen molar-refractivity contribution in [2.75, 3.05) is 6.54 Å². The summed E-state index contributed by atoms with van der Waals surface area (Å²) < 4.78 is 2.16. The van der Waals surface area contributed by atoms with E-state index in [1.165, 1.54) is 50.6 Å². The molecule has 0 amide bonds. The molecule has 0 aliphatic rings. The van der Waals surface area contributed by atoms with Crippen LogP contribution in [-0.4, -0.2) is 16.3 Å². The van der Waals surface area contributed by atoms with Crippen molar-refractivity contribution >= 4 is 0 Å². The van der Waals surface area contributed by atoms with Gasteiger partial charge in [-0.05, 0) is 25.5 Å². The molecule has 1 N–H and O–H groups in total. The third-order valence-electron chi connectivity index (χ3n) is 3.26. The second-order valence-electron chi connectivity index (χ2n) is 4.99. The van der Waals surface area contributed by atoms with E-state index >= 15 is 0 Å². The van der Waals surface area contributed by atoms with Crippen LogP contribution >= 0.6 is 0 Å². The first-order valence-corrected chi connectivity index (χ1v) is 7.59. The van der Waals surface area contributed by atoms with Crippen molar-refractivity contribution in [2.24, 2.45) is 0 Å². The van der Waals surface area contributed by atoms with Crippen LogP contribution in [0.25, 0.3) is 0 Å². The van der Waals surface area contributed by atoms with E-state index in [1.807, 2.05) is 6.20 Å². The van der Waals surface area contributed by atoms with Gasteiger partial charge in [0, 0.05) is 19.3 Å². The van der Waals surface area contributed by atoms with Crippen molar-refractivity contribution in [3.8, 4) is 0 Å². The molecule has 0 unspecified atom stereocenters. The van der Waals surface area contributed by atoms with Crippen LogP contribution in [0.3, 0.4) is 0 Å². The van der Waals surface area contributed by atoms with Crippen molar-refractivity contribution in [1.82, 2.24) is 15.1 Å². The largest absolute Gasteiger partial charge is 0.311 e. The average molecular weight is 251 g/mol. The zero-order chi connectivity index (χ0) is 13.1. The maximum atomic E-state index is 4.41. The molecule has 0 saturated heterocycles. The van der Waals surface area contributed by atoms with Gasteiger partial charge in [0.1, 0.15) is 0 Å². The number of nitrogens with one attached hydrogen (secondary N) is 1. The molecule has 1 aromatic heterocycles. The van der Waals surface area contributed by atoms with Gasteiger partial charge < -0.3 is 5.32 Å². The first-order chi connectivity index (χ1) is 8.88. The molecule has 0 aliphatic carbocycles. The number of rotatable bonds is 11. The van der Waals surface area contributed by atoms with Crippen LogP contribution in [0.15, 0.2) is 12.3 Å². The lowest BCUT2D eigenvalue weighted by molar-refractivity contribution is 0.503. The highest BCUT2D eigenvalue weighted by Gasteiger charge is 2.01. The summed E-state index contributed by atoms with van der Waals surface area (Å²) in [7, 11) is 0. The minimum absolute atomic E-state index is 0.948. The van der Waals surface area contributed by atoms with Crippen LogP contribution in [0.1, 0.15) is 64.5 Å². The fourth-order valence-corrected chi connectivity index (χ4v) is 2.15. The topological polar surface area (TPSA) is 29.9 Å². The maximum Gasteiger partial charge on any atom is 0.0522 e. The van der Waals surface area contributed by atoms with Gasteiger partial charge in [-0.3, -0.25) is 4.68 Å². The molecule has 0 atom stereocenters. The highest BCUT2D eigenvalue weighted by atomic mass is 15.3. The standard InChI is InChI=1S/C15H29N3/c1-3-5-6-7-8-9-13-18-15(10-12-17-18)14-16-11-4-2/h10,12,16H,3-9,11,13-14H2,1-2H3. The van der Waals surface area contributed by atoms with E-state index in [2.05, 4.69) is 35.0 Å². The third kappa shape index (κ3) is 6.20. The van der Waals surface area contributed by atoms with Crippen LogP contribution in [0.4, 0.5) is 0 Å². The molecular formula is C15H29N3. The minimum Gasteiger partial charge on any atom is -0.311 e. The summed E-state index contributed by atoms with van der Waals surface area (Å²) >= 11 is 0. The van der Waals surface area contributed by atoms with Crippen molar-refractivity contribution in [3.63, 3.8) is 0 Å². The minimum atomic E-state index is 0.948. The molecule has 3 nitrogen and oxygen atoms in total. The fraction of sp³-hybridized carbons (Fsp3) is 0.800. The van der Waals surface area contributed by atoms with Gasteiger partial charge in [-0.2, -0.15) is 5.10 Å². The van der Waals surface area contributed by atoms with Gasteiger partial charge in [-0.15, -0.1) is 0 Å². The molecule has 0 radical (unpaired) electrons. The predicted octanol–water partition coefficient (Wildman–Crippen LogP) is 3.74. The summed E-state index contributed by atoms with van der Waals surface area (Å²) in [5.74, 6) is 0. The summed E-state index contributed by atoms with van der Waals surface area (Å²) in [6.45, 7) is 7.56. The predicted molar refractivity (Wildman–Crippen MR) is 77.6 cm³/mol. The Bertz CT molecular complexity index is 294. The Kier molecular flexibility index (Phi) is 8.57. The zero-order valence-electron chi connectivity index (χ0n) is 12.1. The number of aromatic nitrogens is 2. The Morgan fingerprint density at radius 2 is 1.83 bits per heavy atom. The number of aryl methyl sites for hydroxylation is 1. The summed E-state index contributed by atoms with van der Waals surface area (Å²) in [4.78, 5) is 0. The highest BCUT2D eigenvalue weighted by molar-refractivity contribution is 4.99. The van der Waals surface area contributed by atoms with Crippen molar-refractivity contribution < 1.29 is 0 Å². The molecule has 18 heavy (non-hydrogen) atoms. The maximum absolute atomic E-state index is 4.41. The Hall–Kier alpha value is -0.830. The van der Waals surface area contributed by atoms with Crippen molar-refractivity contribution in [1.29, 1.82) is 0 Å². The molecule has 104 valence electrons. The summed E-state index contributed by atoms with van der Waals surface area (Å²) in [5, 5.41) is 7.84. The summed E-state index contributed by atoms with van der Waals surface area (Å²) in [6.07, 6.45) is 11.2. The van der Waals surface area contributed by atoms with E-state index in [-0.39, 0.29) is 0 Å². The number of unbranched alkanes of at least 4 members (excludes halogenated alkanes) is 5. The van der Waals surface area contributed by atoms with Crippen molar-refractivity contribution in [3.05, 3.63) is 18.0 Å². The first kappa shape index (κ1) is 15.2. The Morgan fingerprint density at radius 1 is 1.06 bits per heavy atom. The van der Waals surface area contributed by atoms with E-state index in [9.17, 15) is 0 Å². The lowest BCUT2D eigenvalue weighted by Crippen LogP contribution is -2.17. The van der Waals surface area contributed by atoms with Gasteiger partial charge in [0.25, 0.3) is 0 Å². The number of nitrogens with zero attached hydrogens (tertiary/aromatic N) is 2. The summed E-state index contributed by atoms with van der Waals surface area (Å²) in [6, 6.07) is 2.12. The van der Waals surface area contributed by atoms with Crippen LogP contribution in [0.2, 0.25) is 0 Å². The van der Waals surface area contributed by atoms with Crippen LogP contribution in [0.5, 0.6) is 0 Å². The molecule has 1 rings (SSSR count). The molecule has 0 fully saturated rings. The van der Waals surface area contributed by atoms with E-state index in [0.717, 1.165) is 19.6 Å². The Balaban J connectivity index is 2.15. The molecule has 1 heterocycles. The zero-order valence-corrected chi connectivity index (χ0v) is 12.1. The number of hydrogen-bond acceptors (Lipinski definition) is 2. The molecular weight excluding hydrogens is 222 g/mol. The lowest BCUT2D eigenvalue weighted by Gasteiger charge is -2.08. The lowest BCUT2D eigenvalue weighted by atomic mass is 10.1. The average Bonchev–Trinajstić information content (AvgIpc) is 2.82. The quantitative estimate of drug-likeness (QED) is 0.607. The second kappa shape index (κ2) is 10.1. The first-order valence-electron chi connectivity index (χ1n) is 7.59. The monoisotopic (exact) mass is 251 g/mol. The second-order valence-corrected chi connectivity index (χ2v) is 4.99. The third-order valence-corrected chi connectivity index (χ3v) is 3.26. The Morgan fingerprint density at radius 3 is 2.61 bits per heavy atom. The fourth-order valence-electron chi connectivity index (χ4n) is 2.15. The van der Waals surface area contributed by atoms with Crippen LogP contribution in [-0.2, 0) is 13.1 Å². The summed E-state index contributed by atoms with van der Waals surface area (Å²) in [5.41, 5.74) is 1.32. The van der Waals surface area contributed by atoms with E-state index in [4.69, 9.17) is 0 Å².